The molecule has 0 amide bonds. The third-order valence-electron chi connectivity index (χ3n) is 2.55. The van der Waals surface area contributed by atoms with Crippen LogP contribution in [0.5, 0.6) is 0 Å². The molecule has 0 radical (unpaired) electrons. The number of carbonyl (C=O) groups is 1. The van der Waals surface area contributed by atoms with Gasteiger partial charge in [-0.2, -0.15) is 0 Å². The first-order valence-corrected chi connectivity index (χ1v) is 6.10. The summed E-state index contributed by atoms with van der Waals surface area (Å²) in [5, 5.41) is 0. The van der Waals surface area contributed by atoms with Crippen molar-refractivity contribution in [2.75, 3.05) is 60.7 Å². The third kappa shape index (κ3) is 12.2. The highest BCUT2D eigenvalue weighted by Crippen LogP contribution is 1.99. The molecule has 0 rings (SSSR count). The number of likely N-dealkylation sites (N-methyl/N-ethyl adjacent to an activating group) is 1. The van der Waals surface area contributed by atoms with Crippen LogP contribution in [-0.4, -0.2) is 71.2 Å². The summed E-state index contributed by atoms with van der Waals surface area (Å²) in [5.41, 5.74) is 0.434. The van der Waals surface area contributed by atoms with E-state index in [9.17, 15) is 4.79 Å². The number of hydrogen-bond acceptors (Lipinski definition) is 4. The molecule has 0 N–H and O–H groups in total. The summed E-state index contributed by atoms with van der Waals surface area (Å²) in [4.78, 5) is 11.2. The van der Waals surface area contributed by atoms with E-state index in [-0.39, 0.29) is 18.4 Å². The molecule has 0 saturated carbocycles. The number of rotatable bonds is 10. The lowest BCUT2D eigenvalue weighted by Crippen LogP contribution is -3.00. The highest BCUT2D eigenvalue weighted by Gasteiger charge is 2.15. The fraction of sp³-hybridized carbons (Fsp3) is 0.769. The molecular weight excluding hydrogens is 270 g/mol. The van der Waals surface area contributed by atoms with Crippen molar-refractivity contribution in [2.45, 2.75) is 6.92 Å². The topological polar surface area (TPSA) is 44.8 Å². The van der Waals surface area contributed by atoms with E-state index >= 15 is 0 Å². The van der Waals surface area contributed by atoms with Gasteiger partial charge in [0.25, 0.3) is 0 Å². The van der Waals surface area contributed by atoms with Gasteiger partial charge in [0.2, 0.25) is 0 Å². The van der Waals surface area contributed by atoms with Gasteiger partial charge in [-0.3, -0.25) is 0 Å². The summed E-state index contributed by atoms with van der Waals surface area (Å²) in [6, 6.07) is 0. The molecule has 114 valence electrons. The number of methoxy groups -OCH3 is 1. The zero-order valence-corrected chi connectivity index (χ0v) is 13.2. The first-order chi connectivity index (χ1) is 8.39. The van der Waals surface area contributed by atoms with Crippen molar-refractivity contribution in [3.05, 3.63) is 12.2 Å². The Kier molecular flexibility index (Phi) is 12.2. The molecule has 0 saturated heterocycles. The molecule has 0 spiro atoms. The van der Waals surface area contributed by atoms with Crippen LogP contribution in [0.2, 0.25) is 0 Å². The monoisotopic (exact) mass is 295 g/mol. The molecule has 0 aromatic rings. The van der Waals surface area contributed by atoms with E-state index in [0.717, 1.165) is 17.6 Å². The van der Waals surface area contributed by atoms with Crippen molar-refractivity contribution in [1.82, 2.24) is 0 Å². The van der Waals surface area contributed by atoms with Gasteiger partial charge >= 0.3 is 5.97 Å². The molecule has 0 fully saturated rings. The first kappa shape index (κ1) is 20.7. The Morgan fingerprint density at radius 2 is 1.68 bits per heavy atom. The van der Waals surface area contributed by atoms with E-state index < -0.39 is 0 Å². The maximum Gasteiger partial charge on any atom is 0.333 e. The fourth-order valence-electron chi connectivity index (χ4n) is 1.18. The Bertz CT molecular complexity index is 269. The molecule has 0 aromatic heterocycles. The van der Waals surface area contributed by atoms with Crippen molar-refractivity contribution in [3.63, 3.8) is 0 Å². The maximum atomic E-state index is 11.2. The zero-order valence-electron chi connectivity index (χ0n) is 12.4. The second-order valence-corrected chi connectivity index (χ2v) is 4.90. The summed E-state index contributed by atoms with van der Waals surface area (Å²) in [6.07, 6.45) is 0. The van der Waals surface area contributed by atoms with Crippen LogP contribution < -0.4 is 12.4 Å². The Hall–Kier alpha value is -0.620. The molecule has 0 atom stereocenters. The van der Waals surface area contributed by atoms with E-state index in [1.807, 2.05) is 0 Å². The number of halogens is 1. The molecule has 0 aromatic carbocycles. The third-order valence-corrected chi connectivity index (χ3v) is 2.55. The number of hydrogen-bond donors (Lipinski definition) is 0. The minimum atomic E-state index is -0.327. The minimum Gasteiger partial charge on any atom is -1.00 e. The van der Waals surface area contributed by atoms with Crippen LogP contribution >= 0.6 is 0 Å². The first-order valence-electron chi connectivity index (χ1n) is 6.10. The van der Waals surface area contributed by atoms with E-state index in [1.165, 1.54) is 0 Å². The van der Waals surface area contributed by atoms with Crippen LogP contribution in [-0.2, 0) is 19.0 Å². The van der Waals surface area contributed by atoms with Crippen LogP contribution in [0.4, 0.5) is 0 Å². The van der Waals surface area contributed by atoms with E-state index in [1.54, 1.807) is 14.0 Å². The Morgan fingerprint density at radius 1 is 1.11 bits per heavy atom. The van der Waals surface area contributed by atoms with Crippen LogP contribution in [0.15, 0.2) is 12.2 Å². The number of quaternary nitrogens is 1. The van der Waals surface area contributed by atoms with Gasteiger partial charge in [-0.1, -0.05) is 6.58 Å². The van der Waals surface area contributed by atoms with Crippen molar-refractivity contribution in [3.8, 4) is 0 Å². The summed E-state index contributed by atoms with van der Waals surface area (Å²) in [6.45, 7) is 9.11. The fourth-order valence-corrected chi connectivity index (χ4v) is 1.18. The van der Waals surface area contributed by atoms with Crippen molar-refractivity contribution in [1.29, 1.82) is 0 Å². The molecule has 0 bridgehead atoms. The Labute approximate surface area is 122 Å². The Balaban J connectivity index is 0. The highest BCUT2D eigenvalue weighted by molar-refractivity contribution is 5.86. The largest absolute Gasteiger partial charge is 1.00 e. The second kappa shape index (κ2) is 11.2. The van der Waals surface area contributed by atoms with Gasteiger partial charge in [-0.05, 0) is 6.92 Å². The summed E-state index contributed by atoms with van der Waals surface area (Å²) in [5.74, 6) is -0.327. The van der Waals surface area contributed by atoms with Gasteiger partial charge in [0.05, 0.1) is 33.9 Å². The lowest BCUT2D eigenvalue weighted by molar-refractivity contribution is -0.890. The molecule has 5 nitrogen and oxygen atoms in total. The number of carbonyl (C=O) groups excluding carboxylic acids is 1. The quantitative estimate of drug-likeness (QED) is 0.200. The van der Waals surface area contributed by atoms with Gasteiger partial charge < -0.3 is 31.1 Å². The highest BCUT2D eigenvalue weighted by atomic mass is 35.5. The van der Waals surface area contributed by atoms with E-state index in [2.05, 4.69) is 20.7 Å². The minimum absolute atomic E-state index is 0. The standard InChI is InChI=1S/C13H26NO4.ClH/c1-12(2)13(15)18-9-7-14(3,4)6-8-17-11-10-16-5;/h1,6-11H2,2-5H3;1H/q+1;/p-1. The predicted octanol–water partition coefficient (Wildman–Crippen LogP) is -2.15. The molecule has 0 aliphatic heterocycles. The normalized spacial score (nSPS) is 10.7. The Morgan fingerprint density at radius 3 is 2.21 bits per heavy atom. The summed E-state index contributed by atoms with van der Waals surface area (Å²) < 4.78 is 16.1. The lowest BCUT2D eigenvalue weighted by Gasteiger charge is -2.29. The van der Waals surface area contributed by atoms with Crippen molar-refractivity contribution < 1.29 is 35.9 Å². The maximum absolute atomic E-state index is 11.2. The van der Waals surface area contributed by atoms with E-state index in [4.69, 9.17) is 14.2 Å². The van der Waals surface area contributed by atoms with Crippen LogP contribution in [0.3, 0.4) is 0 Å². The molecular formula is C13H26ClNO4. The second-order valence-electron chi connectivity index (χ2n) is 4.90. The smallest absolute Gasteiger partial charge is 0.333 e. The average molecular weight is 296 g/mol. The number of nitrogens with zero attached hydrogens (tertiary/aromatic N) is 1. The van der Waals surface area contributed by atoms with Gasteiger partial charge in [0, 0.05) is 12.7 Å². The molecule has 0 heterocycles. The van der Waals surface area contributed by atoms with Crippen LogP contribution in [0.1, 0.15) is 6.92 Å². The summed E-state index contributed by atoms with van der Waals surface area (Å²) >= 11 is 0. The van der Waals surface area contributed by atoms with Crippen LogP contribution in [0.25, 0.3) is 0 Å². The molecule has 0 aliphatic carbocycles. The number of ether oxygens (including phenoxy) is 3. The number of esters is 1. The van der Waals surface area contributed by atoms with Gasteiger partial charge in [-0.25, -0.2) is 4.79 Å². The predicted molar refractivity (Wildman–Crippen MR) is 70.3 cm³/mol. The lowest BCUT2D eigenvalue weighted by atomic mass is 10.4. The van der Waals surface area contributed by atoms with Crippen molar-refractivity contribution >= 4 is 5.97 Å². The van der Waals surface area contributed by atoms with Crippen LogP contribution in [0, 0.1) is 0 Å². The molecule has 19 heavy (non-hydrogen) atoms. The average Bonchev–Trinajstić information content (AvgIpc) is 2.28. The van der Waals surface area contributed by atoms with Gasteiger partial charge in [0.1, 0.15) is 19.7 Å². The summed E-state index contributed by atoms with van der Waals surface area (Å²) in [7, 11) is 5.81. The molecule has 6 heteroatoms. The van der Waals surface area contributed by atoms with Gasteiger partial charge in [0.15, 0.2) is 0 Å². The SMILES string of the molecule is C=C(C)C(=O)OCC[N+](C)(C)CCOCCOC.[Cl-]. The van der Waals surface area contributed by atoms with E-state index in [0.29, 0.717) is 32.0 Å². The zero-order chi connectivity index (χ0) is 14.0. The van der Waals surface area contributed by atoms with Crippen molar-refractivity contribution in [2.24, 2.45) is 0 Å². The molecule has 0 aliphatic rings. The molecule has 0 unspecified atom stereocenters. The van der Waals surface area contributed by atoms with Gasteiger partial charge in [-0.15, -0.1) is 0 Å².